The van der Waals surface area contributed by atoms with Crippen molar-refractivity contribution in [2.45, 2.75) is 57.7 Å². The second-order valence-electron chi connectivity index (χ2n) is 9.30. The van der Waals surface area contributed by atoms with E-state index in [1.807, 2.05) is 19.1 Å². The van der Waals surface area contributed by atoms with E-state index in [1.54, 1.807) is 36.7 Å². The summed E-state index contributed by atoms with van der Waals surface area (Å²) in [4.78, 5) is 45.7. The van der Waals surface area contributed by atoms with Crippen molar-refractivity contribution in [1.82, 2.24) is 15.6 Å². The summed E-state index contributed by atoms with van der Waals surface area (Å²) in [7, 11) is 0. The summed E-state index contributed by atoms with van der Waals surface area (Å²) in [6.45, 7) is 1.95. The molecule has 0 aliphatic heterocycles. The molecule has 1 aliphatic carbocycles. The lowest BCUT2D eigenvalue weighted by molar-refractivity contribution is -0.138. The lowest BCUT2D eigenvalue weighted by Gasteiger charge is -2.33. The number of hydrogen-bond donors (Lipinski definition) is 2. The number of amides is 3. The summed E-state index contributed by atoms with van der Waals surface area (Å²) >= 11 is 0. The molecule has 1 aliphatic rings. The molecule has 1 atom stereocenters. The highest BCUT2D eigenvalue weighted by molar-refractivity contribution is 6.41. The number of nitrogens with zero attached hydrogens (tertiary/aromatic N) is 2. The summed E-state index contributed by atoms with van der Waals surface area (Å²) in [6.07, 6.45) is 8.05. The molecule has 1 aromatic heterocycles. The molecule has 37 heavy (non-hydrogen) atoms. The van der Waals surface area contributed by atoms with E-state index in [2.05, 4.69) is 15.6 Å². The Bertz CT molecular complexity index is 1240. The van der Waals surface area contributed by atoms with Gasteiger partial charge in [0.25, 0.3) is 0 Å². The highest BCUT2D eigenvalue weighted by Gasteiger charge is 2.37. The largest absolute Gasteiger partial charge is 0.351 e. The number of hydrogen-bond acceptors (Lipinski definition) is 4. The van der Waals surface area contributed by atoms with E-state index in [4.69, 9.17) is 0 Å². The average Bonchev–Trinajstić information content (AvgIpc) is 2.91. The molecule has 3 amide bonds. The normalized spacial score (nSPS) is 14.4. The first-order valence-electron chi connectivity index (χ1n) is 12.6. The molecule has 7 nitrogen and oxygen atoms in total. The van der Waals surface area contributed by atoms with E-state index in [-0.39, 0.29) is 18.3 Å². The number of rotatable bonds is 7. The van der Waals surface area contributed by atoms with Crippen LogP contribution < -0.4 is 15.5 Å². The van der Waals surface area contributed by atoms with Crippen molar-refractivity contribution in [2.75, 3.05) is 4.90 Å². The minimum Gasteiger partial charge on any atom is -0.351 e. The Balaban J connectivity index is 1.71. The summed E-state index contributed by atoms with van der Waals surface area (Å²) in [5.74, 6) is -2.83. The van der Waals surface area contributed by atoms with Gasteiger partial charge in [0.1, 0.15) is 11.9 Å². The Morgan fingerprint density at radius 1 is 1.00 bits per heavy atom. The van der Waals surface area contributed by atoms with Crippen molar-refractivity contribution in [3.05, 3.63) is 95.6 Å². The second kappa shape index (κ2) is 12.3. The van der Waals surface area contributed by atoms with Crippen molar-refractivity contribution in [3.63, 3.8) is 0 Å². The fourth-order valence-electron chi connectivity index (χ4n) is 4.70. The van der Waals surface area contributed by atoms with Gasteiger partial charge in [-0.3, -0.25) is 24.3 Å². The molecule has 1 fully saturated rings. The van der Waals surface area contributed by atoms with Crippen molar-refractivity contribution in [3.8, 4) is 0 Å². The van der Waals surface area contributed by atoms with Crippen LogP contribution in [0.4, 0.5) is 10.1 Å². The van der Waals surface area contributed by atoms with Gasteiger partial charge in [-0.1, -0.05) is 49.6 Å². The van der Waals surface area contributed by atoms with Gasteiger partial charge in [-0.15, -0.1) is 0 Å². The third-order valence-corrected chi connectivity index (χ3v) is 6.64. The van der Waals surface area contributed by atoms with Crippen LogP contribution in [0.3, 0.4) is 0 Å². The molecule has 1 heterocycles. The van der Waals surface area contributed by atoms with Crippen LogP contribution in [0, 0.1) is 12.7 Å². The molecule has 3 aromatic rings. The van der Waals surface area contributed by atoms with E-state index in [0.29, 0.717) is 5.56 Å². The minimum absolute atomic E-state index is 0.0160. The number of halogens is 1. The third-order valence-electron chi connectivity index (χ3n) is 6.64. The monoisotopic (exact) mass is 502 g/mol. The Labute approximate surface area is 216 Å². The first kappa shape index (κ1) is 26.0. The maximum Gasteiger partial charge on any atom is 0.317 e. The van der Waals surface area contributed by atoms with E-state index < -0.39 is 29.6 Å². The predicted octanol–water partition coefficient (Wildman–Crippen LogP) is 4.37. The first-order chi connectivity index (χ1) is 17.9. The van der Waals surface area contributed by atoms with Crippen LogP contribution in [0.5, 0.6) is 0 Å². The number of anilines is 1. The van der Waals surface area contributed by atoms with Crippen molar-refractivity contribution >= 4 is 23.4 Å². The van der Waals surface area contributed by atoms with Gasteiger partial charge in [0, 0.05) is 30.7 Å². The number of benzene rings is 2. The molecule has 2 aromatic carbocycles. The Morgan fingerprint density at radius 2 is 1.73 bits per heavy atom. The third kappa shape index (κ3) is 6.58. The Kier molecular flexibility index (Phi) is 8.61. The van der Waals surface area contributed by atoms with Crippen LogP contribution in [0.2, 0.25) is 0 Å². The summed E-state index contributed by atoms with van der Waals surface area (Å²) < 4.78 is 14.3. The molecule has 0 bridgehead atoms. The zero-order chi connectivity index (χ0) is 26.2. The highest BCUT2D eigenvalue weighted by Crippen LogP contribution is 2.31. The molecule has 4 rings (SSSR count). The molecular formula is C29H31FN4O3. The first-order valence-corrected chi connectivity index (χ1v) is 12.6. The lowest BCUT2D eigenvalue weighted by Crippen LogP contribution is -2.51. The standard InChI is InChI=1S/C29H31FN4O3/c1-20-8-5-6-13-25(20)26(27(35)33-23-10-3-2-4-11-23)34(24-12-7-9-22(30)18-24)29(37)28(36)32-19-21-14-16-31-17-15-21/h5-9,12-18,23,26H,2-4,10-11,19H2,1H3,(H,32,36)(H,33,35). The van der Waals surface area contributed by atoms with Crippen molar-refractivity contribution < 1.29 is 18.8 Å². The van der Waals surface area contributed by atoms with Crippen LogP contribution in [0.25, 0.3) is 0 Å². The maximum atomic E-state index is 14.3. The molecule has 0 spiro atoms. The molecule has 8 heteroatoms. The van der Waals surface area contributed by atoms with E-state index in [0.717, 1.165) is 54.2 Å². The zero-order valence-electron chi connectivity index (χ0n) is 20.8. The number of pyridine rings is 1. The van der Waals surface area contributed by atoms with E-state index >= 15 is 0 Å². The summed E-state index contributed by atoms with van der Waals surface area (Å²) in [6, 6.07) is 14.9. The van der Waals surface area contributed by atoms with Crippen LogP contribution in [-0.4, -0.2) is 28.7 Å². The molecule has 192 valence electrons. The smallest absolute Gasteiger partial charge is 0.317 e. The van der Waals surface area contributed by atoms with Gasteiger partial charge < -0.3 is 10.6 Å². The van der Waals surface area contributed by atoms with Gasteiger partial charge in [0.15, 0.2) is 0 Å². The zero-order valence-corrected chi connectivity index (χ0v) is 20.8. The minimum atomic E-state index is -1.16. The Hall–Kier alpha value is -4.07. The van der Waals surface area contributed by atoms with Gasteiger partial charge in [-0.2, -0.15) is 0 Å². The van der Waals surface area contributed by atoms with Crippen LogP contribution >= 0.6 is 0 Å². The summed E-state index contributed by atoms with van der Waals surface area (Å²) in [5.41, 5.74) is 2.23. The number of nitrogens with one attached hydrogen (secondary N) is 2. The average molecular weight is 503 g/mol. The van der Waals surface area contributed by atoms with Crippen molar-refractivity contribution in [1.29, 1.82) is 0 Å². The molecule has 1 unspecified atom stereocenters. The number of aromatic nitrogens is 1. The maximum absolute atomic E-state index is 14.3. The fraction of sp³-hybridized carbons (Fsp3) is 0.310. The lowest BCUT2D eigenvalue weighted by atomic mass is 9.93. The van der Waals surface area contributed by atoms with E-state index in [1.165, 1.54) is 18.2 Å². The van der Waals surface area contributed by atoms with Gasteiger partial charge in [0.05, 0.1) is 0 Å². The van der Waals surface area contributed by atoms with Crippen LogP contribution in [0.1, 0.15) is 54.8 Å². The molecular weight excluding hydrogens is 471 g/mol. The number of carbonyl (C=O) groups is 3. The van der Waals surface area contributed by atoms with E-state index in [9.17, 15) is 18.8 Å². The molecule has 0 radical (unpaired) electrons. The molecule has 1 saturated carbocycles. The van der Waals surface area contributed by atoms with Crippen LogP contribution in [-0.2, 0) is 20.9 Å². The van der Waals surface area contributed by atoms with Gasteiger partial charge in [0.2, 0.25) is 5.91 Å². The summed E-state index contributed by atoms with van der Waals surface area (Å²) in [5, 5.41) is 5.72. The quantitative estimate of drug-likeness (QED) is 0.470. The van der Waals surface area contributed by atoms with Gasteiger partial charge in [-0.25, -0.2) is 4.39 Å². The van der Waals surface area contributed by atoms with Gasteiger partial charge >= 0.3 is 11.8 Å². The number of aryl methyl sites for hydroxylation is 1. The fourth-order valence-corrected chi connectivity index (χ4v) is 4.70. The van der Waals surface area contributed by atoms with Crippen LogP contribution in [0.15, 0.2) is 73.1 Å². The predicted molar refractivity (Wildman–Crippen MR) is 139 cm³/mol. The number of carbonyl (C=O) groups excluding carboxylic acids is 3. The molecule has 0 saturated heterocycles. The second-order valence-corrected chi connectivity index (χ2v) is 9.30. The van der Waals surface area contributed by atoms with Crippen molar-refractivity contribution in [2.24, 2.45) is 0 Å². The van der Waals surface area contributed by atoms with Gasteiger partial charge in [-0.05, 0) is 66.8 Å². The topological polar surface area (TPSA) is 91.4 Å². The SMILES string of the molecule is Cc1ccccc1C(C(=O)NC1CCCCC1)N(C(=O)C(=O)NCc1ccncc1)c1cccc(F)c1. The Morgan fingerprint density at radius 3 is 2.43 bits per heavy atom. The molecule has 2 N–H and O–H groups in total. The highest BCUT2D eigenvalue weighted by atomic mass is 19.1.